The maximum absolute atomic E-state index is 14.0. The number of carbonyl (C=O) groups is 2. The molecule has 1 heterocycles. The number of nitrogens with zero attached hydrogens (tertiary/aromatic N) is 1. The molecule has 22 heavy (non-hydrogen) atoms. The van der Waals surface area contributed by atoms with Gasteiger partial charge in [0.25, 0.3) is 0 Å². The van der Waals surface area contributed by atoms with Crippen LogP contribution in [-0.2, 0) is 19.7 Å². The van der Waals surface area contributed by atoms with Gasteiger partial charge in [0.15, 0.2) is 0 Å². The van der Waals surface area contributed by atoms with Crippen LogP contribution in [-0.4, -0.2) is 47.7 Å². The van der Waals surface area contributed by atoms with Crippen LogP contribution >= 0.6 is 0 Å². The van der Waals surface area contributed by atoms with Crippen LogP contribution in [0.3, 0.4) is 0 Å². The molecule has 0 bridgehead atoms. The average Bonchev–Trinajstić information content (AvgIpc) is 3.28. The Morgan fingerprint density at radius 2 is 2.09 bits per heavy atom. The fourth-order valence-corrected chi connectivity index (χ4v) is 3.10. The van der Waals surface area contributed by atoms with E-state index in [4.69, 9.17) is 9.84 Å². The Balaban J connectivity index is 1.76. The van der Waals surface area contributed by atoms with E-state index < -0.39 is 17.5 Å². The molecule has 3 rings (SSSR count). The van der Waals surface area contributed by atoms with Crippen LogP contribution < -0.4 is 0 Å². The monoisotopic (exact) mass is 307 g/mol. The second-order valence-corrected chi connectivity index (χ2v) is 5.90. The van der Waals surface area contributed by atoms with E-state index in [0.29, 0.717) is 31.6 Å². The van der Waals surface area contributed by atoms with E-state index in [9.17, 15) is 14.0 Å². The van der Waals surface area contributed by atoms with Gasteiger partial charge in [-0.1, -0.05) is 18.2 Å². The third-order valence-corrected chi connectivity index (χ3v) is 4.38. The highest BCUT2D eigenvalue weighted by molar-refractivity contribution is 5.91. The van der Waals surface area contributed by atoms with Crippen molar-refractivity contribution >= 4 is 11.9 Å². The molecule has 2 aliphatic rings. The van der Waals surface area contributed by atoms with Crippen LogP contribution in [0.5, 0.6) is 0 Å². The zero-order valence-electron chi connectivity index (χ0n) is 12.1. The molecule has 1 N–H and O–H groups in total. The van der Waals surface area contributed by atoms with Gasteiger partial charge in [0.05, 0.1) is 24.5 Å². The summed E-state index contributed by atoms with van der Waals surface area (Å²) in [6.45, 7) is 0.990. The number of carboxylic acid groups (broad SMARTS) is 1. The van der Waals surface area contributed by atoms with Crippen LogP contribution in [0.25, 0.3) is 0 Å². The lowest BCUT2D eigenvalue weighted by molar-refractivity contribution is -0.149. The summed E-state index contributed by atoms with van der Waals surface area (Å²) in [5, 5.41) is 8.84. The van der Waals surface area contributed by atoms with Crippen molar-refractivity contribution in [3.05, 3.63) is 35.6 Å². The number of hydrogen-bond donors (Lipinski definition) is 1. The van der Waals surface area contributed by atoms with Crippen molar-refractivity contribution in [2.24, 2.45) is 0 Å². The predicted molar refractivity (Wildman–Crippen MR) is 75.9 cm³/mol. The number of halogens is 1. The third-order valence-electron chi connectivity index (χ3n) is 4.38. The number of morpholine rings is 1. The van der Waals surface area contributed by atoms with Gasteiger partial charge in [0, 0.05) is 18.7 Å². The molecule has 1 aliphatic carbocycles. The van der Waals surface area contributed by atoms with Gasteiger partial charge < -0.3 is 14.7 Å². The molecule has 0 aromatic heterocycles. The lowest BCUT2D eigenvalue weighted by Crippen LogP contribution is -2.49. The first-order chi connectivity index (χ1) is 10.5. The normalized spacial score (nSPS) is 23.1. The molecular weight excluding hydrogens is 289 g/mol. The zero-order chi connectivity index (χ0) is 15.7. The van der Waals surface area contributed by atoms with E-state index >= 15 is 0 Å². The minimum atomic E-state index is -0.950. The molecule has 0 radical (unpaired) electrons. The van der Waals surface area contributed by atoms with E-state index in [-0.39, 0.29) is 24.7 Å². The largest absolute Gasteiger partial charge is 0.481 e. The van der Waals surface area contributed by atoms with Crippen LogP contribution in [0.1, 0.15) is 24.8 Å². The van der Waals surface area contributed by atoms with Crippen molar-refractivity contribution in [3.8, 4) is 0 Å². The number of carbonyl (C=O) groups excluding carboxylic acids is 1. The van der Waals surface area contributed by atoms with Crippen LogP contribution in [0.4, 0.5) is 4.39 Å². The second-order valence-electron chi connectivity index (χ2n) is 5.90. The van der Waals surface area contributed by atoms with E-state index in [1.165, 1.54) is 6.07 Å². The Morgan fingerprint density at radius 3 is 2.73 bits per heavy atom. The average molecular weight is 307 g/mol. The Labute approximate surface area is 127 Å². The summed E-state index contributed by atoms with van der Waals surface area (Å²) in [4.78, 5) is 25.2. The number of benzene rings is 1. The molecule has 1 saturated carbocycles. The second kappa shape index (κ2) is 5.68. The number of hydrogen-bond acceptors (Lipinski definition) is 3. The van der Waals surface area contributed by atoms with Gasteiger partial charge in [-0.2, -0.15) is 0 Å². The Morgan fingerprint density at radius 1 is 1.36 bits per heavy atom. The SMILES string of the molecule is O=C(O)CC1CN(C(=O)C2(c3ccccc3F)CC2)CCO1. The van der Waals surface area contributed by atoms with Crippen molar-refractivity contribution < 1.29 is 23.8 Å². The molecule has 1 amide bonds. The summed E-state index contributed by atoms with van der Waals surface area (Å²) >= 11 is 0. The molecule has 1 aromatic rings. The first kappa shape index (κ1) is 15.0. The summed E-state index contributed by atoms with van der Waals surface area (Å²) in [6, 6.07) is 6.37. The summed E-state index contributed by atoms with van der Waals surface area (Å²) in [7, 11) is 0. The first-order valence-electron chi connectivity index (χ1n) is 7.41. The molecule has 1 atom stereocenters. The number of rotatable bonds is 4. The smallest absolute Gasteiger partial charge is 0.306 e. The minimum Gasteiger partial charge on any atom is -0.481 e. The number of amides is 1. The van der Waals surface area contributed by atoms with Crippen molar-refractivity contribution in [2.45, 2.75) is 30.8 Å². The van der Waals surface area contributed by atoms with Crippen LogP contribution in [0.2, 0.25) is 0 Å². The highest BCUT2D eigenvalue weighted by Crippen LogP contribution is 2.50. The number of aliphatic carboxylic acids is 1. The van der Waals surface area contributed by atoms with Gasteiger partial charge in [-0.25, -0.2) is 4.39 Å². The third kappa shape index (κ3) is 2.70. The first-order valence-corrected chi connectivity index (χ1v) is 7.41. The lowest BCUT2D eigenvalue weighted by atomic mass is 9.93. The van der Waals surface area contributed by atoms with E-state index in [1.54, 1.807) is 23.1 Å². The molecular formula is C16H18FNO4. The van der Waals surface area contributed by atoms with Crippen LogP contribution in [0, 0.1) is 5.82 Å². The molecule has 6 heteroatoms. The molecule has 0 spiro atoms. The molecule has 5 nitrogen and oxygen atoms in total. The number of carboxylic acids is 1. The molecule has 2 fully saturated rings. The molecule has 1 saturated heterocycles. The fraction of sp³-hybridized carbons (Fsp3) is 0.500. The predicted octanol–water partition coefficient (Wildman–Crippen LogP) is 1.56. The van der Waals surface area contributed by atoms with E-state index in [1.807, 2.05) is 0 Å². The van der Waals surface area contributed by atoms with Gasteiger partial charge in [-0.15, -0.1) is 0 Å². The summed E-state index contributed by atoms with van der Waals surface area (Å²) in [5.41, 5.74) is -0.322. The summed E-state index contributed by atoms with van der Waals surface area (Å²) in [6.07, 6.45) is 0.643. The van der Waals surface area contributed by atoms with Gasteiger partial charge in [0.2, 0.25) is 5.91 Å². The lowest BCUT2D eigenvalue weighted by Gasteiger charge is -2.35. The van der Waals surface area contributed by atoms with Gasteiger partial charge in [0.1, 0.15) is 5.82 Å². The summed E-state index contributed by atoms with van der Waals surface area (Å²) < 4.78 is 19.4. The molecule has 118 valence electrons. The standard InChI is InChI=1S/C16H18FNO4/c17-13-4-2-1-3-12(13)16(5-6-16)15(21)18-7-8-22-11(10-18)9-14(19)20/h1-4,11H,5-10H2,(H,19,20). The van der Waals surface area contributed by atoms with E-state index in [2.05, 4.69) is 0 Å². The fourth-order valence-electron chi connectivity index (χ4n) is 3.10. The van der Waals surface area contributed by atoms with Crippen molar-refractivity contribution in [1.29, 1.82) is 0 Å². The van der Waals surface area contributed by atoms with Crippen molar-refractivity contribution in [3.63, 3.8) is 0 Å². The van der Waals surface area contributed by atoms with Crippen molar-refractivity contribution in [2.75, 3.05) is 19.7 Å². The molecule has 1 aromatic carbocycles. The Bertz CT molecular complexity index is 600. The number of ether oxygens (including phenoxy) is 1. The highest BCUT2D eigenvalue weighted by Gasteiger charge is 2.54. The quantitative estimate of drug-likeness (QED) is 0.916. The van der Waals surface area contributed by atoms with E-state index in [0.717, 1.165) is 0 Å². The topological polar surface area (TPSA) is 66.8 Å². The van der Waals surface area contributed by atoms with Gasteiger partial charge >= 0.3 is 5.97 Å². The Hall–Kier alpha value is -1.95. The summed E-state index contributed by atoms with van der Waals surface area (Å²) in [5.74, 6) is -1.42. The maximum Gasteiger partial charge on any atom is 0.306 e. The highest BCUT2D eigenvalue weighted by atomic mass is 19.1. The zero-order valence-corrected chi connectivity index (χ0v) is 12.1. The molecule has 1 aliphatic heterocycles. The van der Waals surface area contributed by atoms with Gasteiger partial charge in [-0.3, -0.25) is 9.59 Å². The minimum absolute atomic E-state index is 0.115. The van der Waals surface area contributed by atoms with Gasteiger partial charge in [-0.05, 0) is 18.9 Å². The van der Waals surface area contributed by atoms with Crippen LogP contribution in [0.15, 0.2) is 24.3 Å². The maximum atomic E-state index is 14.0. The molecule has 1 unspecified atom stereocenters. The Kier molecular flexibility index (Phi) is 3.87. The van der Waals surface area contributed by atoms with Crippen molar-refractivity contribution in [1.82, 2.24) is 4.90 Å².